The van der Waals surface area contributed by atoms with Crippen LogP contribution in [-0.2, 0) is 0 Å². The van der Waals surface area contributed by atoms with Gasteiger partial charge in [0.25, 0.3) is 11.1 Å². The van der Waals surface area contributed by atoms with Crippen molar-refractivity contribution in [2.75, 3.05) is 6.26 Å². The van der Waals surface area contributed by atoms with E-state index in [4.69, 9.17) is 0 Å². The lowest BCUT2D eigenvalue weighted by Crippen LogP contribution is -2.15. The molecule has 0 spiro atoms. The van der Waals surface area contributed by atoms with E-state index in [0.29, 0.717) is 5.16 Å². The molecule has 0 unspecified atom stereocenters. The average Bonchev–Trinajstić information content (AvgIpc) is 2.16. The number of hydrogen-bond donors (Lipinski definition) is 2. The second-order valence-electron chi connectivity index (χ2n) is 2.52. The number of aromatic nitrogens is 4. The zero-order chi connectivity index (χ0) is 10.1. The summed E-state index contributed by atoms with van der Waals surface area (Å²) in [6, 6.07) is 0. The predicted molar refractivity (Wildman–Crippen MR) is 52.6 cm³/mol. The standard InChI is InChI=1S/C7H6N4O2S/c1-14-7-10-5-4(6(13)11-7)8-2-3(12)9-5/h2H,1H3,(H2,9,10,11,12,13). The fraction of sp³-hybridized carbons (Fsp3) is 0.143. The summed E-state index contributed by atoms with van der Waals surface area (Å²) in [4.78, 5) is 35.0. The van der Waals surface area contributed by atoms with Crippen molar-refractivity contribution in [1.29, 1.82) is 0 Å². The molecule has 14 heavy (non-hydrogen) atoms. The molecule has 0 aromatic carbocycles. The second kappa shape index (κ2) is 3.26. The van der Waals surface area contributed by atoms with Crippen LogP contribution in [0.4, 0.5) is 0 Å². The first kappa shape index (κ1) is 8.95. The van der Waals surface area contributed by atoms with Gasteiger partial charge in [0.2, 0.25) is 0 Å². The molecule has 0 atom stereocenters. The van der Waals surface area contributed by atoms with Crippen LogP contribution in [-0.4, -0.2) is 26.2 Å². The van der Waals surface area contributed by atoms with Crippen molar-refractivity contribution in [3.63, 3.8) is 0 Å². The van der Waals surface area contributed by atoms with Crippen LogP contribution in [0.2, 0.25) is 0 Å². The Balaban J connectivity index is 2.90. The molecule has 2 aromatic heterocycles. The van der Waals surface area contributed by atoms with Crippen molar-refractivity contribution in [1.82, 2.24) is 19.9 Å². The highest BCUT2D eigenvalue weighted by Crippen LogP contribution is 2.06. The summed E-state index contributed by atoms with van der Waals surface area (Å²) in [7, 11) is 0. The van der Waals surface area contributed by atoms with Crippen molar-refractivity contribution < 1.29 is 0 Å². The number of fused-ring (bicyclic) bond motifs is 1. The lowest BCUT2D eigenvalue weighted by molar-refractivity contribution is 0.948. The molecule has 0 bridgehead atoms. The van der Waals surface area contributed by atoms with Gasteiger partial charge in [0.05, 0.1) is 6.20 Å². The maximum absolute atomic E-state index is 11.4. The summed E-state index contributed by atoms with van der Waals surface area (Å²) < 4.78 is 0. The van der Waals surface area contributed by atoms with Gasteiger partial charge in [0, 0.05) is 0 Å². The fourth-order valence-electron chi connectivity index (χ4n) is 1.02. The SMILES string of the molecule is CSc1nc2[nH]c(=O)cnc2c(=O)[nH]1. The molecule has 72 valence electrons. The number of hydrogen-bond acceptors (Lipinski definition) is 5. The minimum Gasteiger partial charge on any atom is -0.304 e. The number of H-pyrrole nitrogens is 2. The third kappa shape index (κ3) is 1.41. The smallest absolute Gasteiger partial charge is 0.279 e. The van der Waals surface area contributed by atoms with Gasteiger partial charge < -0.3 is 4.98 Å². The zero-order valence-corrected chi connectivity index (χ0v) is 8.01. The molecular formula is C7H6N4O2S. The Morgan fingerprint density at radius 1 is 1.36 bits per heavy atom. The molecule has 0 aliphatic heterocycles. The van der Waals surface area contributed by atoms with E-state index >= 15 is 0 Å². The maximum atomic E-state index is 11.4. The van der Waals surface area contributed by atoms with Crippen LogP contribution in [0.15, 0.2) is 20.9 Å². The first-order valence-corrected chi connectivity index (χ1v) is 4.96. The van der Waals surface area contributed by atoms with Crippen molar-refractivity contribution in [3.05, 3.63) is 26.9 Å². The highest BCUT2D eigenvalue weighted by Gasteiger charge is 2.04. The van der Waals surface area contributed by atoms with Crippen molar-refractivity contribution in [2.24, 2.45) is 0 Å². The molecular weight excluding hydrogens is 204 g/mol. The minimum absolute atomic E-state index is 0.141. The van der Waals surface area contributed by atoms with Crippen molar-refractivity contribution in [3.8, 4) is 0 Å². The molecule has 2 rings (SSSR count). The third-order valence-electron chi connectivity index (χ3n) is 1.62. The second-order valence-corrected chi connectivity index (χ2v) is 3.31. The van der Waals surface area contributed by atoms with Crippen LogP contribution >= 0.6 is 11.8 Å². The predicted octanol–water partition coefficient (Wildman–Crippen LogP) is -0.272. The summed E-state index contributed by atoms with van der Waals surface area (Å²) in [5.74, 6) is 0. The monoisotopic (exact) mass is 210 g/mol. The Morgan fingerprint density at radius 2 is 2.14 bits per heavy atom. The fourth-order valence-corrected chi connectivity index (χ4v) is 1.40. The van der Waals surface area contributed by atoms with Gasteiger partial charge in [-0.3, -0.25) is 14.6 Å². The highest BCUT2D eigenvalue weighted by molar-refractivity contribution is 7.98. The largest absolute Gasteiger partial charge is 0.304 e. The summed E-state index contributed by atoms with van der Waals surface area (Å²) in [6.07, 6.45) is 2.83. The molecule has 0 saturated carbocycles. The molecule has 0 radical (unpaired) electrons. The molecule has 0 fully saturated rings. The van der Waals surface area contributed by atoms with Gasteiger partial charge in [-0.25, -0.2) is 9.97 Å². The molecule has 7 heteroatoms. The number of thioether (sulfide) groups is 1. The van der Waals surface area contributed by atoms with E-state index in [1.165, 1.54) is 11.8 Å². The Kier molecular flexibility index (Phi) is 2.08. The Hall–Kier alpha value is -1.63. The van der Waals surface area contributed by atoms with E-state index < -0.39 is 0 Å². The van der Waals surface area contributed by atoms with E-state index in [0.717, 1.165) is 6.20 Å². The zero-order valence-electron chi connectivity index (χ0n) is 7.20. The van der Waals surface area contributed by atoms with E-state index in [1.54, 1.807) is 6.26 Å². The highest BCUT2D eigenvalue weighted by atomic mass is 32.2. The lowest BCUT2D eigenvalue weighted by Gasteiger charge is -1.97. The van der Waals surface area contributed by atoms with Gasteiger partial charge in [0.1, 0.15) is 0 Å². The molecule has 2 heterocycles. The number of nitrogens with zero attached hydrogens (tertiary/aromatic N) is 2. The molecule has 2 aromatic rings. The van der Waals surface area contributed by atoms with E-state index in [2.05, 4.69) is 19.9 Å². The summed E-state index contributed by atoms with van der Waals surface area (Å²) >= 11 is 1.29. The van der Waals surface area contributed by atoms with E-state index in [-0.39, 0.29) is 22.3 Å². The Labute approximate surface area is 81.8 Å². The van der Waals surface area contributed by atoms with Gasteiger partial charge in [-0.2, -0.15) is 0 Å². The topological polar surface area (TPSA) is 91.5 Å². The molecule has 0 aliphatic carbocycles. The molecule has 0 amide bonds. The van der Waals surface area contributed by atoms with Crippen LogP contribution in [0.3, 0.4) is 0 Å². The Morgan fingerprint density at radius 3 is 2.86 bits per heavy atom. The average molecular weight is 210 g/mol. The van der Waals surface area contributed by atoms with Crippen LogP contribution < -0.4 is 11.1 Å². The molecule has 0 aliphatic rings. The Bertz CT molecular complexity index is 588. The van der Waals surface area contributed by atoms with Gasteiger partial charge in [-0.15, -0.1) is 0 Å². The molecule has 6 nitrogen and oxygen atoms in total. The van der Waals surface area contributed by atoms with Crippen LogP contribution in [0.1, 0.15) is 0 Å². The lowest BCUT2D eigenvalue weighted by atomic mass is 10.5. The minimum atomic E-state index is -0.373. The third-order valence-corrected chi connectivity index (χ3v) is 2.20. The van der Waals surface area contributed by atoms with Crippen LogP contribution in [0.5, 0.6) is 0 Å². The van der Waals surface area contributed by atoms with E-state index in [9.17, 15) is 9.59 Å². The van der Waals surface area contributed by atoms with Gasteiger partial charge in [-0.1, -0.05) is 11.8 Å². The first-order chi connectivity index (χ1) is 6.70. The summed E-state index contributed by atoms with van der Waals surface area (Å²) in [5.41, 5.74) is -0.369. The molecule has 0 saturated heterocycles. The quantitative estimate of drug-likeness (QED) is 0.499. The van der Waals surface area contributed by atoms with Gasteiger partial charge in [-0.05, 0) is 6.26 Å². The first-order valence-electron chi connectivity index (χ1n) is 3.74. The summed E-state index contributed by atoms with van der Waals surface area (Å²) in [6.45, 7) is 0. The summed E-state index contributed by atoms with van der Waals surface area (Å²) in [5, 5.41) is 0.450. The van der Waals surface area contributed by atoms with Crippen LogP contribution in [0.25, 0.3) is 11.2 Å². The van der Waals surface area contributed by atoms with Crippen molar-refractivity contribution in [2.45, 2.75) is 5.16 Å². The maximum Gasteiger partial charge on any atom is 0.279 e. The van der Waals surface area contributed by atoms with Crippen molar-refractivity contribution >= 4 is 22.9 Å². The molecule has 2 N–H and O–H groups in total. The normalized spacial score (nSPS) is 10.6. The van der Waals surface area contributed by atoms with E-state index in [1.807, 2.05) is 0 Å². The van der Waals surface area contributed by atoms with Gasteiger partial charge >= 0.3 is 0 Å². The number of nitrogens with one attached hydrogen (secondary N) is 2. The van der Waals surface area contributed by atoms with Crippen LogP contribution in [0, 0.1) is 0 Å². The number of aromatic amines is 2. The van der Waals surface area contributed by atoms with Gasteiger partial charge in [0.15, 0.2) is 16.3 Å². The number of rotatable bonds is 1.